The Morgan fingerprint density at radius 1 is 1.60 bits per heavy atom. The largest absolute Gasteiger partial charge is 0.316 e. The molecule has 1 amide bonds. The summed E-state index contributed by atoms with van der Waals surface area (Å²) in [6.45, 7) is 5.36. The second-order valence-electron chi connectivity index (χ2n) is 2.24. The molecule has 4 heteroatoms. The second kappa shape index (κ2) is 4.78. The Morgan fingerprint density at radius 2 is 2.20 bits per heavy atom. The number of rotatable bonds is 3. The molecule has 0 atom stereocenters. The average molecular weight is 143 g/mol. The first-order valence-electron chi connectivity index (χ1n) is 3.17. The van der Waals surface area contributed by atoms with Crippen LogP contribution in [0, 0.1) is 0 Å². The van der Waals surface area contributed by atoms with Crippen LogP contribution in [0.5, 0.6) is 0 Å². The van der Waals surface area contributed by atoms with E-state index in [-0.39, 0.29) is 5.91 Å². The van der Waals surface area contributed by atoms with Crippen LogP contribution in [0.4, 0.5) is 0 Å². The van der Waals surface area contributed by atoms with Gasteiger partial charge < -0.3 is 10.7 Å². The second-order valence-corrected chi connectivity index (χ2v) is 2.24. The lowest BCUT2D eigenvalue weighted by Gasteiger charge is -2.00. The zero-order chi connectivity index (χ0) is 7.98. The first-order chi connectivity index (χ1) is 4.63. The van der Waals surface area contributed by atoms with E-state index in [1.165, 1.54) is 13.3 Å². The van der Waals surface area contributed by atoms with E-state index in [0.29, 0.717) is 6.04 Å². The molecule has 0 aliphatic rings. The van der Waals surface area contributed by atoms with E-state index in [0.717, 1.165) is 0 Å². The molecule has 0 radical (unpaired) electrons. The van der Waals surface area contributed by atoms with Crippen LogP contribution >= 0.6 is 0 Å². The van der Waals surface area contributed by atoms with Crippen LogP contribution in [0.25, 0.3) is 0 Å². The van der Waals surface area contributed by atoms with E-state index in [2.05, 4.69) is 15.8 Å². The van der Waals surface area contributed by atoms with Crippen LogP contribution in [0.2, 0.25) is 0 Å². The number of nitrogens with zero attached hydrogens (tertiary/aromatic N) is 1. The Balaban J connectivity index is 3.29. The number of hydrogen-bond donors (Lipinski definition) is 2. The van der Waals surface area contributed by atoms with Gasteiger partial charge in [-0.1, -0.05) is 0 Å². The highest BCUT2D eigenvalue weighted by atomic mass is 16.1. The molecule has 0 aromatic carbocycles. The van der Waals surface area contributed by atoms with Gasteiger partial charge in [0.2, 0.25) is 5.91 Å². The predicted octanol–water partition coefficient (Wildman–Crippen LogP) is 0.0638. The lowest BCUT2D eigenvalue weighted by molar-refractivity contribution is -0.117. The number of nitrogens with one attached hydrogen (secondary N) is 2. The molecular formula is C6H13N3O. The fourth-order valence-electron chi connectivity index (χ4n) is 0.310. The van der Waals surface area contributed by atoms with Crippen molar-refractivity contribution in [2.75, 3.05) is 0 Å². The van der Waals surface area contributed by atoms with E-state index >= 15 is 0 Å². The molecule has 0 spiro atoms. The Hall–Kier alpha value is -1.06. The lowest BCUT2D eigenvalue weighted by Crippen LogP contribution is -2.22. The molecular weight excluding hydrogens is 130 g/mol. The van der Waals surface area contributed by atoms with E-state index in [9.17, 15) is 4.79 Å². The topological polar surface area (TPSA) is 53.5 Å². The summed E-state index contributed by atoms with van der Waals surface area (Å²) in [5, 5.41) is 6.11. The van der Waals surface area contributed by atoms with Crippen molar-refractivity contribution in [1.82, 2.24) is 10.7 Å². The third-order valence-corrected chi connectivity index (χ3v) is 0.665. The third kappa shape index (κ3) is 6.94. The molecule has 0 aliphatic carbocycles. The summed E-state index contributed by atoms with van der Waals surface area (Å²) in [7, 11) is 0. The van der Waals surface area contributed by atoms with Crippen LogP contribution < -0.4 is 10.7 Å². The summed E-state index contributed by atoms with van der Waals surface area (Å²) in [4.78, 5) is 10.3. The van der Waals surface area contributed by atoms with Crippen LogP contribution in [0.1, 0.15) is 20.8 Å². The summed E-state index contributed by atoms with van der Waals surface area (Å²) in [5.41, 5.74) is 2.76. The highest BCUT2D eigenvalue weighted by Gasteiger charge is 1.84. The zero-order valence-corrected chi connectivity index (χ0v) is 6.51. The van der Waals surface area contributed by atoms with E-state index < -0.39 is 0 Å². The first kappa shape index (κ1) is 8.94. The Morgan fingerprint density at radius 3 is 2.60 bits per heavy atom. The highest BCUT2D eigenvalue weighted by Crippen LogP contribution is 1.72. The fourth-order valence-corrected chi connectivity index (χ4v) is 0.310. The van der Waals surface area contributed by atoms with Gasteiger partial charge in [-0.25, -0.2) is 0 Å². The van der Waals surface area contributed by atoms with Crippen molar-refractivity contribution < 1.29 is 4.79 Å². The van der Waals surface area contributed by atoms with Gasteiger partial charge in [0.1, 0.15) is 6.34 Å². The van der Waals surface area contributed by atoms with Crippen molar-refractivity contribution in [2.45, 2.75) is 26.8 Å². The van der Waals surface area contributed by atoms with E-state index in [4.69, 9.17) is 0 Å². The summed E-state index contributed by atoms with van der Waals surface area (Å²) in [5.74, 6) is -0.116. The smallest absolute Gasteiger partial charge is 0.221 e. The van der Waals surface area contributed by atoms with Gasteiger partial charge in [-0.3, -0.25) is 4.79 Å². The summed E-state index contributed by atoms with van der Waals surface area (Å²) < 4.78 is 0. The summed E-state index contributed by atoms with van der Waals surface area (Å²) in [6, 6.07) is 0.296. The maximum absolute atomic E-state index is 10.3. The van der Waals surface area contributed by atoms with Crippen LogP contribution in [0.3, 0.4) is 0 Å². The molecule has 0 aromatic heterocycles. The molecule has 0 bridgehead atoms. The van der Waals surface area contributed by atoms with Crippen molar-refractivity contribution >= 4 is 12.2 Å². The van der Waals surface area contributed by atoms with Gasteiger partial charge in [0, 0.05) is 13.0 Å². The molecule has 0 heterocycles. The minimum absolute atomic E-state index is 0.116. The minimum Gasteiger partial charge on any atom is -0.316 e. The Bertz CT molecular complexity index is 131. The van der Waals surface area contributed by atoms with Crippen molar-refractivity contribution in [3.63, 3.8) is 0 Å². The molecule has 0 aliphatic heterocycles. The summed E-state index contributed by atoms with van der Waals surface area (Å²) >= 11 is 0. The van der Waals surface area contributed by atoms with Crippen molar-refractivity contribution in [2.24, 2.45) is 5.10 Å². The maximum Gasteiger partial charge on any atom is 0.221 e. The molecule has 10 heavy (non-hydrogen) atoms. The Labute approximate surface area is 60.7 Å². The van der Waals surface area contributed by atoms with E-state index in [1.54, 1.807) is 0 Å². The third-order valence-electron chi connectivity index (χ3n) is 0.665. The van der Waals surface area contributed by atoms with Gasteiger partial charge in [0.25, 0.3) is 0 Å². The maximum atomic E-state index is 10.3. The van der Waals surface area contributed by atoms with Crippen LogP contribution in [-0.2, 0) is 4.79 Å². The number of hydrazone groups is 1. The van der Waals surface area contributed by atoms with Gasteiger partial charge in [-0.15, -0.1) is 0 Å². The minimum atomic E-state index is -0.116. The van der Waals surface area contributed by atoms with Gasteiger partial charge in [-0.2, -0.15) is 5.10 Å². The van der Waals surface area contributed by atoms with E-state index in [1.807, 2.05) is 13.8 Å². The van der Waals surface area contributed by atoms with Crippen molar-refractivity contribution in [3.05, 3.63) is 0 Å². The predicted molar refractivity (Wildman–Crippen MR) is 40.6 cm³/mol. The average Bonchev–Trinajstić information content (AvgIpc) is 1.79. The van der Waals surface area contributed by atoms with Gasteiger partial charge in [-0.05, 0) is 13.8 Å². The molecule has 0 saturated heterocycles. The van der Waals surface area contributed by atoms with Crippen molar-refractivity contribution in [1.29, 1.82) is 0 Å². The fraction of sp³-hybridized carbons (Fsp3) is 0.667. The number of carbonyl (C=O) groups excluding carboxylic acids is 1. The zero-order valence-electron chi connectivity index (χ0n) is 6.51. The van der Waals surface area contributed by atoms with Gasteiger partial charge in [0.15, 0.2) is 0 Å². The molecule has 0 unspecified atom stereocenters. The first-order valence-corrected chi connectivity index (χ1v) is 3.17. The molecule has 4 nitrogen and oxygen atoms in total. The van der Waals surface area contributed by atoms with Crippen LogP contribution in [0.15, 0.2) is 5.10 Å². The van der Waals surface area contributed by atoms with Gasteiger partial charge >= 0.3 is 0 Å². The van der Waals surface area contributed by atoms with Crippen molar-refractivity contribution in [3.8, 4) is 0 Å². The monoisotopic (exact) mass is 143 g/mol. The molecule has 58 valence electrons. The molecule has 0 aromatic rings. The number of hydrogen-bond acceptors (Lipinski definition) is 3. The lowest BCUT2D eigenvalue weighted by atomic mass is 10.4. The Kier molecular flexibility index (Phi) is 4.28. The molecule has 0 rings (SSSR count). The SMILES string of the molecule is CC(=O)N/C=N\NC(C)C. The molecule has 2 N–H and O–H groups in total. The summed E-state index contributed by atoms with van der Waals surface area (Å²) in [6.07, 6.45) is 1.34. The number of amides is 1. The highest BCUT2D eigenvalue weighted by molar-refractivity contribution is 5.85. The molecule has 0 saturated carbocycles. The molecule has 0 fully saturated rings. The standard InChI is InChI=1S/C6H13N3O/c1-5(2)9-8-4-7-6(3)10/h4-5,9H,1-3H3,(H,7,8,10). The number of carbonyl (C=O) groups is 1. The van der Waals surface area contributed by atoms with Crippen LogP contribution in [-0.4, -0.2) is 18.3 Å². The quantitative estimate of drug-likeness (QED) is 0.333. The van der Waals surface area contributed by atoms with Gasteiger partial charge in [0.05, 0.1) is 0 Å². The normalized spacial score (nSPS) is 10.4.